The second kappa shape index (κ2) is 24.0. The van der Waals surface area contributed by atoms with E-state index in [4.69, 9.17) is 9.51 Å². The molecule has 0 radical (unpaired) electrons. The molecule has 0 unspecified atom stereocenters. The van der Waals surface area contributed by atoms with E-state index >= 15 is 0 Å². The van der Waals surface area contributed by atoms with Crippen LogP contribution in [0.4, 0.5) is 5.82 Å². The molecule has 0 bridgehead atoms. The standard InChI is InChI=1S/C62H76N12O7S/c1-38(2)54(60(78)74-34-49(75)29-50(74)59(77)66-40(4)44-16-18-46(19-17-44)58-41(5)65-37-82-58)51-30-52(68-81-51)70-24-20-48(21-25-70)72-32-47(33-72)63-31-42-12-14-45(15-13-42)57-55-56(67-69(57)6)61(79)73(36-64-55)35-62(80)22-26-71(27-23-62)53(76)28-39(3)43-10-8-7-9-11-43/h7-19,30,36-40,47-50,54,63,75,80H,20-29,31-35H2,1-6H3,(H,66,77)/t39-,40+,49-,50+,54-/m1/s1. The number of hydrogen-bond acceptors (Lipinski definition) is 15. The van der Waals surface area contributed by atoms with Crippen LogP contribution in [0, 0.1) is 12.8 Å². The Hall–Kier alpha value is -7.10. The maximum atomic E-state index is 14.4. The number of nitrogens with zero attached hydrogens (tertiary/aromatic N) is 10. The van der Waals surface area contributed by atoms with Gasteiger partial charge in [-0.2, -0.15) is 5.10 Å². The molecule has 82 heavy (non-hydrogen) atoms. The second-order valence-corrected chi connectivity index (χ2v) is 24.6. The SMILES string of the molecule is Cc1ncsc1-c1ccc([C@H](C)NC(=O)[C@@H]2C[C@@H](O)CN2C(=O)[C@@H](c2cc(N3CCC(N4CC(NCc5ccc(-c6c7ncn(CC8(O)CCN(C(=O)C[C@@H](C)c9ccccc9)CC8)c(=O)c7nn6C)cc5)C4)CC3)no2)C(C)C)cc1. The number of β-amino-alcohol motifs (C(OH)–C–C–N with tert-alkyl or cyclic N) is 1. The van der Waals surface area contributed by atoms with E-state index in [9.17, 15) is 29.4 Å². The number of aromatic nitrogens is 6. The minimum atomic E-state index is -1.15. The minimum Gasteiger partial charge on any atom is -0.391 e. The van der Waals surface area contributed by atoms with E-state index in [1.54, 1.807) is 16.0 Å². The normalized spacial score (nSPS) is 20.1. The Balaban J connectivity index is 0.626. The summed E-state index contributed by atoms with van der Waals surface area (Å²) in [6.07, 6.45) is 3.94. The molecule has 19 nitrogen and oxygen atoms in total. The van der Waals surface area contributed by atoms with Crippen LogP contribution in [0.5, 0.6) is 0 Å². The number of piperidine rings is 2. The van der Waals surface area contributed by atoms with Crippen LogP contribution in [-0.4, -0.2) is 148 Å². The van der Waals surface area contributed by atoms with Crippen LogP contribution in [0.2, 0.25) is 0 Å². The van der Waals surface area contributed by atoms with Crippen molar-refractivity contribution in [2.24, 2.45) is 13.0 Å². The molecule has 0 saturated carbocycles. The monoisotopic (exact) mass is 1130 g/mol. The molecule has 432 valence electrons. The van der Waals surface area contributed by atoms with E-state index in [0.29, 0.717) is 61.5 Å². The number of aryl methyl sites for hydroxylation is 2. The fourth-order valence-corrected chi connectivity index (χ4v) is 13.4. The van der Waals surface area contributed by atoms with E-state index in [1.807, 2.05) is 118 Å². The van der Waals surface area contributed by atoms with Crippen molar-refractivity contribution in [1.29, 1.82) is 0 Å². The van der Waals surface area contributed by atoms with Gasteiger partial charge in [-0.25, -0.2) is 9.97 Å². The summed E-state index contributed by atoms with van der Waals surface area (Å²) in [7, 11) is 1.81. The third-order valence-corrected chi connectivity index (χ3v) is 18.6. The molecule has 7 aromatic rings. The summed E-state index contributed by atoms with van der Waals surface area (Å²) in [6.45, 7) is 15.2. The Labute approximate surface area is 482 Å². The van der Waals surface area contributed by atoms with Crippen LogP contribution >= 0.6 is 11.3 Å². The van der Waals surface area contributed by atoms with E-state index in [2.05, 4.69) is 54.7 Å². The highest BCUT2D eigenvalue weighted by Crippen LogP contribution is 2.36. The van der Waals surface area contributed by atoms with Crippen molar-refractivity contribution in [3.8, 4) is 21.7 Å². The van der Waals surface area contributed by atoms with Crippen LogP contribution in [-0.2, 0) is 34.5 Å². The van der Waals surface area contributed by atoms with Crippen molar-refractivity contribution in [1.82, 2.24) is 54.8 Å². The first-order chi connectivity index (χ1) is 39.5. The third-order valence-electron chi connectivity index (χ3n) is 17.6. The van der Waals surface area contributed by atoms with Gasteiger partial charge in [0, 0.05) is 96.0 Å². The van der Waals surface area contributed by atoms with Crippen molar-refractivity contribution >= 4 is 45.9 Å². The summed E-state index contributed by atoms with van der Waals surface area (Å²) in [5.74, 6) is -0.0348. The molecule has 5 atom stereocenters. The largest absolute Gasteiger partial charge is 0.391 e. The van der Waals surface area contributed by atoms with Gasteiger partial charge in [0.25, 0.3) is 5.56 Å². The first-order valence-electron chi connectivity index (χ1n) is 29.0. The molecule has 4 fully saturated rings. The Morgan fingerprint density at radius 1 is 0.866 bits per heavy atom. The number of carbonyl (C=O) groups excluding carboxylic acids is 3. The van der Waals surface area contributed by atoms with Gasteiger partial charge in [0.2, 0.25) is 17.7 Å². The first kappa shape index (κ1) is 56.7. The smallest absolute Gasteiger partial charge is 0.281 e. The average molecular weight is 1130 g/mol. The molecule has 11 rings (SSSR count). The summed E-state index contributed by atoms with van der Waals surface area (Å²) in [5, 5.41) is 38.3. The summed E-state index contributed by atoms with van der Waals surface area (Å²) < 4.78 is 9.09. The zero-order chi connectivity index (χ0) is 57.4. The minimum absolute atomic E-state index is 0.0698. The lowest BCUT2D eigenvalue weighted by Gasteiger charge is -2.47. The van der Waals surface area contributed by atoms with Gasteiger partial charge in [-0.1, -0.05) is 105 Å². The molecule has 0 aliphatic carbocycles. The van der Waals surface area contributed by atoms with Crippen molar-refractivity contribution in [3.63, 3.8) is 0 Å². The van der Waals surface area contributed by atoms with Gasteiger partial charge in [0.1, 0.15) is 17.5 Å². The van der Waals surface area contributed by atoms with Crippen molar-refractivity contribution in [3.05, 3.63) is 135 Å². The Morgan fingerprint density at radius 3 is 2.26 bits per heavy atom. The molecule has 4 N–H and O–H groups in total. The van der Waals surface area contributed by atoms with Crippen LogP contribution < -0.4 is 21.1 Å². The van der Waals surface area contributed by atoms with Gasteiger partial charge in [-0.05, 0) is 73.6 Å². The lowest BCUT2D eigenvalue weighted by molar-refractivity contribution is -0.141. The van der Waals surface area contributed by atoms with Crippen LogP contribution in [0.25, 0.3) is 32.7 Å². The van der Waals surface area contributed by atoms with Gasteiger partial charge in [-0.3, -0.25) is 33.3 Å². The number of thiazole rings is 1. The lowest BCUT2D eigenvalue weighted by atomic mass is 9.90. The van der Waals surface area contributed by atoms with E-state index in [0.717, 1.165) is 89.6 Å². The lowest BCUT2D eigenvalue weighted by Crippen LogP contribution is -2.62. The van der Waals surface area contributed by atoms with E-state index in [-0.39, 0.29) is 66.2 Å². The summed E-state index contributed by atoms with van der Waals surface area (Å²) >= 11 is 1.59. The van der Waals surface area contributed by atoms with Crippen LogP contribution in [0.15, 0.2) is 106 Å². The maximum Gasteiger partial charge on any atom is 0.281 e. The molecule has 0 spiro atoms. The van der Waals surface area contributed by atoms with Gasteiger partial charge in [0.15, 0.2) is 17.1 Å². The van der Waals surface area contributed by atoms with Gasteiger partial charge in [-0.15, -0.1) is 11.3 Å². The second-order valence-electron chi connectivity index (χ2n) is 23.7. The average Bonchev–Trinajstić information content (AvgIpc) is 4.40. The van der Waals surface area contributed by atoms with Crippen molar-refractivity contribution in [2.75, 3.05) is 50.7 Å². The molecule has 4 aliphatic heterocycles. The molecular formula is C62H76N12O7S. The van der Waals surface area contributed by atoms with Gasteiger partial charge >= 0.3 is 0 Å². The number of anilines is 1. The number of nitrogens with one attached hydrogen (secondary N) is 2. The van der Waals surface area contributed by atoms with Crippen molar-refractivity contribution < 1.29 is 29.1 Å². The summed E-state index contributed by atoms with van der Waals surface area (Å²) in [4.78, 5) is 73.5. The number of aliphatic hydroxyl groups excluding tert-OH is 1. The number of carbonyl (C=O) groups is 3. The Morgan fingerprint density at radius 2 is 1.57 bits per heavy atom. The molecule has 3 aromatic carbocycles. The number of fused-ring (bicyclic) bond motifs is 1. The molecule has 3 amide bonds. The quantitative estimate of drug-likeness (QED) is 0.0696. The van der Waals surface area contributed by atoms with Crippen LogP contribution in [0.1, 0.15) is 112 Å². The summed E-state index contributed by atoms with van der Waals surface area (Å²) in [5.41, 5.74) is 8.05. The van der Waals surface area contributed by atoms with E-state index in [1.165, 1.54) is 15.8 Å². The fourth-order valence-electron chi connectivity index (χ4n) is 12.6. The number of rotatable bonds is 18. The number of amides is 3. The highest BCUT2D eigenvalue weighted by Gasteiger charge is 2.44. The number of benzene rings is 3. The highest BCUT2D eigenvalue weighted by molar-refractivity contribution is 7.13. The van der Waals surface area contributed by atoms with Gasteiger partial charge < -0.3 is 40.1 Å². The predicted octanol–water partition coefficient (Wildman–Crippen LogP) is 6.79. The Kier molecular flexibility index (Phi) is 16.6. The molecule has 4 saturated heterocycles. The molecule has 8 heterocycles. The fraction of sp³-hybridized carbons (Fsp3) is 0.484. The topological polar surface area (TPSA) is 220 Å². The summed E-state index contributed by atoms with van der Waals surface area (Å²) in [6, 6.07) is 28.0. The molecular weight excluding hydrogens is 1060 g/mol. The molecule has 4 aliphatic rings. The number of hydrogen-bond donors (Lipinski definition) is 4. The number of aliphatic hydroxyl groups is 2. The van der Waals surface area contributed by atoms with Crippen molar-refractivity contribution in [2.45, 2.75) is 134 Å². The zero-order valence-corrected chi connectivity index (χ0v) is 48.6. The maximum absolute atomic E-state index is 14.4. The highest BCUT2D eigenvalue weighted by atomic mass is 32.1. The van der Waals surface area contributed by atoms with E-state index < -0.39 is 23.7 Å². The van der Waals surface area contributed by atoms with Crippen LogP contribution in [0.3, 0.4) is 0 Å². The predicted molar refractivity (Wildman–Crippen MR) is 315 cm³/mol. The molecule has 20 heteroatoms. The third kappa shape index (κ3) is 12.0. The zero-order valence-electron chi connectivity index (χ0n) is 47.8. The first-order valence-corrected chi connectivity index (χ1v) is 29.9. The number of likely N-dealkylation sites (tertiary alicyclic amines) is 3. The molecule has 4 aromatic heterocycles. The van der Waals surface area contributed by atoms with Gasteiger partial charge in [0.05, 0.1) is 52.4 Å². The Bertz CT molecular complexity index is 3430.